The van der Waals surface area contributed by atoms with E-state index in [1.165, 1.54) is 22.8 Å². The molecule has 4 aromatic rings. The van der Waals surface area contributed by atoms with E-state index in [1.807, 2.05) is 38.1 Å². The molecule has 0 saturated heterocycles. The molecule has 2 aromatic carbocycles. The number of aromatic nitrogens is 3. The van der Waals surface area contributed by atoms with Crippen LogP contribution < -0.4 is 11.1 Å². The summed E-state index contributed by atoms with van der Waals surface area (Å²) in [6.07, 6.45) is 0.555. The zero-order valence-electron chi connectivity index (χ0n) is 17.6. The van der Waals surface area contributed by atoms with Gasteiger partial charge in [-0.3, -0.25) is 19.5 Å². The van der Waals surface area contributed by atoms with Gasteiger partial charge < -0.3 is 9.73 Å². The van der Waals surface area contributed by atoms with Crippen LogP contribution >= 0.6 is 0 Å². The summed E-state index contributed by atoms with van der Waals surface area (Å²) in [6, 6.07) is 13.6. The molecular weight excluding hydrogens is 414 g/mol. The monoisotopic (exact) mass is 435 g/mol. The molecule has 0 radical (unpaired) electrons. The first-order valence-corrected chi connectivity index (χ1v) is 10.0. The molecule has 2 aromatic heterocycles. The van der Waals surface area contributed by atoms with Gasteiger partial charge in [0.2, 0.25) is 5.91 Å². The summed E-state index contributed by atoms with van der Waals surface area (Å²) in [4.78, 5) is 35.0. The van der Waals surface area contributed by atoms with Crippen molar-refractivity contribution in [2.75, 3.05) is 5.32 Å². The van der Waals surface area contributed by atoms with Gasteiger partial charge in [-0.15, -0.1) is 0 Å². The van der Waals surface area contributed by atoms with E-state index in [9.17, 15) is 19.7 Å². The molecule has 0 unspecified atom stereocenters. The standard InChI is InChI=1S/C22H21N5O5/c1-14-5-7-16(8-6-14)26-20(12-15(2)24-26)23-21(28)4-3-11-25-18-10-9-17(27(30)31)13-19(18)32-22(25)29/h5-10,12-13H,3-4,11H2,1-2H3,(H,23,28). The van der Waals surface area contributed by atoms with Gasteiger partial charge in [-0.05, 0) is 38.5 Å². The molecule has 10 heteroatoms. The molecule has 4 rings (SSSR count). The van der Waals surface area contributed by atoms with Crippen molar-refractivity contribution in [1.29, 1.82) is 0 Å². The molecule has 2 heterocycles. The maximum atomic E-state index is 12.5. The Morgan fingerprint density at radius 2 is 1.91 bits per heavy atom. The maximum absolute atomic E-state index is 12.5. The lowest BCUT2D eigenvalue weighted by Crippen LogP contribution is -2.18. The predicted molar refractivity (Wildman–Crippen MR) is 118 cm³/mol. The summed E-state index contributed by atoms with van der Waals surface area (Å²) in [5.41, 5.74) is 3.18. The second-order valence-electron chi connectivity index (χ2n) is 7.50. The smallest absolute Gasteiger partial charge is 0.407 e. The fraction of sp³-hybridized carbons (Fsp3) is 0.227. The van der Waals surface area contributed by atoms with Crippen LogP contribution in [0.2, 0.25) is 0 Å². The highest BCUT2D eigenvalue weighted by Crippen LogP contribution is 2.21. The molecule has 164 valence electrons. The molecule has 1 N–H and O–H groups in total. The van der Waals surface area contributed by atoms with Crippen LogP contribution in [0.4, 0.5) is 11.5 Å². The molecule has 1 amide bonds. The van der Waals surface area contributed by atoms with E-state index in [0.717, 1.165) is 16.9 Å². The van der Waals surface area contributed by atoms with Crippen LogP contribution in [0.1, 0.15) is 24.1 Å². The first-order valence-electron chi connectivity index (χ1n) is 10.0. The van der Waals surface area contributed by atoms with E-state index < -0.39 is 10.7 Å². The zero-order chi connectivity index (χ0) is 22.8. The summed E-state index contributed by atoms with van der Waals surface area (Å²) in [5.74, 6) is -0.265. The van der Waals surface area contributed by atoms with E-state index in [0.29, 0.717) is 17.8 Å². The number of hydrogen-bond donors (Lipinski definition) is 1. The number of nitrogens with zero attached hydrogens (tertiary/aromatic N) is 4. The van der Waals surface area contributed by atoms with Crippen LogP contribution in [0, 0.1) is 24.0 Å². The molecule has 0 spiro atoms. The first kappa shape index (κ1) is 21.0. The number of carbonyl (C=O) groups excluding carboxylic acids is 1. The van der Waals surface area contributed by atoms with Gasteiger partial charge in [0.25, 0.3) is 5.69 Å². The van der Waals surface area contributed by atoms with Crippen molar-refractivity contribution in [1.82, 2.24) is 14.3 Å². The summed E-state index contributed by atoms with van der Waals surface area (Å²) >= 11 is 0. The normalized spacial score (nSPS) is 11.1. The Bertz CT molecular complexity index is 1360. The maximum Gasteiger partial charge on any atom is 0.419 e. The largest absolute Gasteiger partial charge is 0.419 e. The van der Waals surface area contributed by atoms with Crippen LogP contribution in [0.3, 0.4) is 0 Å². The van der Waals surface area contributed by atoms with Crippen LogP contribution in [-0.4, -0.2) is 25.2 Å². The third-order valence-corrected chi connectivity index (χ3v) is 5.03. The highest BCUT2D eigenvalue weighted by atomic mass is 16.6. The predicted octanol–water partition coefficient (Wildman–Crippen LogP) is 3.72. The number of nitrogens with one attached hydrogen (secondary N) is 1. The second kappa shape index (κ2) is 8.50. The van der Waals surface area contributed by atoms with E-state index in [2.05, 4.69) is 10.4 Å². The van der Waals surface area contributed by atoms with Gasteiger partial charge in [0.15, 0.2) is 5.58 Å². The lowest BCUT2D eigenvalue weighted by molar-refractivity contribution is -0.384. The Kier molecular flexibility index (Phi) is 5.59. The van der Waals surface area contributed by atoms with E-state index in [4.69, 9.17) is 4.42 Å². The number of hydrogen-bond acceptors (Lipinski definition) is 6. The van der Waals surface area contributed by atoms with Crippen molar-refractivity contribution in [2.24, 2.45) is 0 Å². The Balaban J connectivity index is 1.42. The van der Waals surface area contributed by atoms with Gasteiger partial charge in [0.05, 0.1) is 27.9 Å². The highest BCUT2D eigenvalue weighted by Gasteiger charge is 2.15. The number of fused-ring (bicyclic) bond motifs is 1. The fourth-order valence-corrected chi connectivity index (χ4v) is 3.45. The fourth-order valence-electron chi connectivity index (χ4n) is 3.45. The number of benzene rings is 2. The third-order valence-electron chi connectivity index (χ3n) is 5.03. The van der Waals surface area contributed by atoms with Gasteiger partial charge in [0.1, 0.15) is 5.82 Å². The van der Waals surface area contributed by atoms with Gasteiger partial charge >= 0.3 is 5.76 Å². The topological polar surface area (TPSA) is 125 Å². The first-order chi connectivity index (χ1) is 15.3. The van der Waals surface area contributed by atoms with E-state index >= 15 is 0 Å². The average Bonchev–Trinajstić information content (AvgIpc) is 3.26. The number of carbonyl (C=O) groups is 1. The van der Waals surface area contributed by atoms with Crippen molar-refractivity contribution in [2.45, 2.75) is 33.2 Å². The van der Waals surface area contributed by atoms with Crippen molar-refractivity contribution in [3.05, 3.63) is 80.5 Å². The minimum Gasteiger partial charge on any atom is -0.407 e. The summed E-state index contributed by atoms with van der Waals surface area (Å²) < 4.78 is 8.15. The van der Waals surface area contributed by atoms with Crippen LogP contribution in [-0.2, 0) is 11.3 Å². The van der Waals surface area contributed by atoms with E-state index in [-0.39, 0.29) is 30.1 Å². The van der Waals surface area contributed by atoms with Crippen molar-refractivity contribution in [3.63, 3.8) is 0 Å². The van der Waals surface area contributed by atoms with Crippen LogP contribution in [0.5, 0.6) is 0 Å². The van der Waals surface area contributed by atoms with Crippen molar-refractivity contribution < 1.29 is 14.1 Å². The van der Waals surface area contributed by atoms with Gasteiger partial charge in [0, 0.05) is 25.1 Å². The minimum atomic E-state index is -0.617. The molecule has 0 fully saturated rings. The lowest BCUT2D eigenvalue weighted by atomic mass is 10.2. The number of anilines is 1. The SMILES string of the molecule is Cc1ccc(-n2nc(C)cc2NC(=O)CCCn2c(=O)oc3cc([N+](=O)[O-])ccc32)cc1. The van der Waals surface area contributed by atoms with Gasteiger partial charge in [-0.25, -0.2) is 9.48 Å². The summed E-state index contributed by atoms with van der Waals surface area (Å²) in [5, 5.41) is 18.2. The minimum absolute atomic E-state index is 0.145. The Hall–Kier alpha value is -4.21. The second-order valence-corrected chi connectivity index (χ2v) is 7.50. The zero-order valence-corrected chi connectivity index (χ0v) is 17.6. The Labute approximate surface area is 182 Å². The van der Waals surface area contributed by atoms with Crippen LogP contribution in [0.25, 0.3) is 16.8 Å². The molecule has 0 bridgehead atoms. The summed E-state index contributed by atoms with van der Waals surface area (Å²) in [7, 11) is 0. The molecule has 0 aliphatic rings. The Morgan fingerprint density at radius 1 is 1.16 bits per heavy atom. The third kappa shape index (κ3) is 4.29. The summed E-state index contributed by atoms with van der Waals surface area (Å²) in [6.45, 7) is 4.09. The molecule has 0 atom stereocenters. The number of nitro benzene ring substituents is 1. The molecule has 32 heavy (non-hydrogen) atoms. The Morgan fingerprint density at radius 3 is 2.62 bits per heavy atom. The number of rotatable bonds is 7. The average molecular weight is 435 g/mol. The van der Waals surface area contributed by atoms with Gasteiger partial charge in [-0.2, -0.15) is 5.10 Å². The highest BCUT2D eigenvalue weighted by molar-refractivity contribution is 5.90. The quantitative estimate of drug-likeness (QED) is 0.348. The van der Waals surface area contributed by atoms with Crippen molar-refractivity contribution >= 4 is 28.5 Å². The molecule has 0 aliphatic carbocycles. The number of aryl methyl sites for hydroxylation is 3. The number of non-ortho nitro benzene ring substituents is 1. The number of nitro groups is 1. The number of amides is 1. The van der Waals surface area contributed by atoms with Crippen molar-refractivity contribution in [3.8, 4) is 5.69 Å². The van der Waals surface area contributed by atoms with Crippen LogP contribution in [0.15, 0.2) is 57.7 Å². The number of oxazole rings is 1. The molecule has 0 saturated carbocycles. The molecule has 10 nitrogen and oxygen atoms in total. The van der Waals surface area contributed by atoms with Gasteiger partial charge in [-0.1, -0.05) is 17.7 Å². The molecular formula is C22H21N5O5. The molecule has 0 aliphatic heterocycles. The van der Waals surface area contributed by atoms with E-state index in [1.54, 1.807) is 10.7 Å². The lowest BCUT2D eigenvalue weighted by Gasteiger charge is -2.09.